The monoisotopic (exact) mass is 344 g/mol. The molecule has 1 fully saturated rings. The standard InChI is InChI=1S/C14H17IO2/c15-12-6-4-11(5-7-12)10-14(13(16)17)8-2-1-3-9-14/h4-7H,1-3,8-10H2,(H,16,17). The van der Waals surface area contributed by atoms with Crippen LogP contribution in [0.3, 0.4) is 0 Å². The minimum Gasteiger partial charge on any atom is -0.481 e. The third-order valence-corrected chi connectivity index (χ3v) is 4.44. The largest absolute Gasteiger partial charge is 0.481 e. The van der Waals surface area contributed by atoms with Gasteiger partial charge >= 0.3 is 5.97 Å². The van der Waals surface area contributed by atoms with Gasteiger partial charge in [-0.3, -0.25) is 4.79 Å². The molecule has 2 rings (SSSR count). The maximum absolute atomic E-state index is 11.5. The zero-order valence-electron chi connectivity index (χ0n) is 9.79. The molecule has 0 atom stereocenters. The van der Waals surface area contributed by atoms with Crippen LogP contribution in [0.5, 0.6) is 0 Å². The van der Waals surface area contributed by atoms with Crippen LogP contribution in [0.25, 0.3) is 0 Å². The summed E-state index contributed by atoms with van der Waals surface area (Å²) < 4.78 is 1.19. The molecule has 1 aliphatic carbocycles. The topological polar surface area (TPSA) is 37.3 Å². The van der Waals surface area contributed by atoms with Crippen molar-refractivity contribution < 1.29 is 9.90 Å². The van der Waals surface area contributed by atoms with E-state index in [1.807, 2.05) is 12.1 Å². The van der Waals surface area contributed by atoms with E-state index in [1.165, 1.54) is 9.99 Å². The van der Waals surface area contributed by atoms with Gasteiger partial charge in [-0.25, -0.2) is 0 Å². The molecule has 0 radical (unpaired) electrons. The van der Waals surface area contributed by atoms with Gasteiger partial charge in [0.15, 0.2) is 0 Å². The van der Waals surface area contributed by atoms with Crippen molar-refractivity contribution >= 4 is 28.6 Å². The highest BCUT2D eigenvalue weighted by Crippen LogP contribution is 2.39. The molecule has 0 unspecified atom stereocenters. The van der Waals surface area contributed by atoms with Crippen molar-refractivity contribution in [2.24, 2.45) is 5.41 Å². The summed E-state index contributed by atoms with van der Waals surface area (Å²) in [6.45, 7) is 0. The highest BCUT2D eigenvalue weighted by atomic mass is 127. The number of carbonyl (C=O) groups is 1. The number of hydrogen-bond donors (Lipinski definition) is 1. The summed E-state index contributed by atoms with van der Waals surface area (Å²) in [5.41, 5.74) is 0.639. The molecule has 3 heteroatoms. The summed E-state index contributed by atoms with van der Waals surface area (Å²) in [5, 5.41) is 9.50. The molecule has 0 aromatic heterocycles. The van der Waals surface area contributed by atoms with E-state index < -0.39 is 11.4 Å². The smallest absolute Gasteiger partial charge is 0.309 e. The summed E-state index contributed by atoms with van der Waals surface area (Å²) in [7, 11) is 0. The fourth-order valence-corrected chi connectivity index (χ4v) is 3.05. The SMILES string of the molecule is O=C(O)C1(Cc2ccc(I)cc2)CCCCC1. The Balaban J connectivity index is 2.17. The van der Waals surface area contributed by atoms with Crippen LogP contribution in [0.4, 0.5) is 0 Å². The predicted molar refractivity (Wildman–Crippen MR) is 76.0 cm³/mol. The Bertz CT molecular complexity index is 391. The van der Waals surface area contributed by atoms with Crippen molar-refractivity contribution in [3.63, 3.8) is 0 Å². The Morgan fingerprint density at radius 3 is 2.29 bits per heavy atom. The first-order valence-electron chi connectivity index (χ1n) is 6.10. The molecule has 17 heavy (non-hydrogen) atoms. The molecule has 92 valence electrons. The van der Waals surface area contributed by atoms with Gasteiger partial charge in [0.1, 0.15) is 0 Å². The summed E-state index contributed by atoms with van der Waals surface area (Å²) in [4.78, 5) is 11.5. The van der Waals surface area contributed by atoms with Gasteiger partial charge < -0.3 is 5.11 Å². The second-order valence-corrected chi connectivity index (χ2v) is 6.20. The molecular weight excluding hydrogens is 327 g/mol. The Morgan fingerprint density at radius 2 is 1.76 bits per heavy atom. The van der Waals surface area contributed by atoms with Crippen molar-refractivity contribution in [1.82, 2.24) is 0 Å². The van der Waals surface area contributed by atoms with Crippen molar-refractivity contribution in [2.45, 2.75) is 38.5 Å². The van der Waals surface area contributed by atoms with Gasteiger partial charge in [-0.2, -0.15) is 0 Å². The normalized spacial score (nSPS) is 18.9. The predicted octanol–water partition coefficient (Wildman–Crippen LogP) is 3.87. The fourth-order valence-electron chi connectivity index (χ4n) is 2.69. The molecular formula is C14H17IO2. The average Bonchev–Trinajstić information content (AvgIpc) is 2.33. The lowest BCUT2D eigenvalue weighted by Crippen LogP contribution is -2.35. The number of rotatable bonds is 3. The molecule has 0 heterocycles. The van der Waals surface area contributed by atoms with Crippen LogP contribution in [0.15, 0.2) is 24.3 Å². The van der Waals surface area contributed by atoms with Crippen LogP contribution in [0.2, 0.25) is 0 Å². The summed E-state index contributed by atoms with van der Waals surface area (Å²) in [5.74, 6) is -0.615. The van der Waals surface area contributed by atoms with E-state index >= 15 is 0 Å². The number of halogens is 1. The summed E-state index contributed by atoms with van der Waals surface area (Å²) in [6.07, 6.45) is 5.62. The van der Waals surface area contributed by atoms with Crippen LogP contribution in [0.1, 0.15) is 37.7 Å². The molecule has 0 amide bonds. The second-order valence-electron chi connectivity index (χ2n) is 4.95. The highest BCUT2D eigenvalue weighted by molar-refractivity contribution is 14.1. The van der Waals surface area contributed by atoms with E-state index in [0.717, 1.165) is 31.2 Å². The number of hydrogen-bond acceptors (Lipinski definition) is 1. The number of benzene rings is 1. The Hall–Kier alpha value is -0.580. The number of carboxylic acid groups (broad SMARTS) is 1. The first kappa shape index (κ1) is 12.9. The van der Waals surface area contributed by atoms with Crippen LogP contribution in [-0.4, -0.2) is 11.1 Å². The maximum Gasteiger partial charge on any atom is 0.309 e. The van der Waals surface area contributed by atoms with E-state index in [0.29, 0.717) is 6.42 Å². The van der Waals surface area contributed by atoms with E-state index in [-0.39, 0.29) is 0 Å². The van der Waals surface area contributed by atoms with Gasteiger partial charge in [0.25, 0.3) is 0 Å². The molecule has 1 aliphatic rings. The lowest BCUT2D eigenvalue weighted by molar-refractivity contribution is -0.151. The molecule has 0 spiro atoms. The minimum absolute atomic E-state index is 0.509. The van der Waals surface area contributed by atoms with Crippen LogP contribution < -0.4 is 0 Å². The first-order chi connectivity index (χ1) is 8.12. The van der Waals surface area contributed by atoms with Crippen molar-refractivity contribution in [3.8, 4) is 0 Å². The second kappa shape index (κ2) is 5.38. The minimum atomic E-state index is -0.615. The lowest BCUT2D eigenvalue weighted by Gasteiger charge is -2.33. The first-order valence-corrected chi connectivity index (χ1v) is 7.18. The molecule has 1 aromatic rings. The fraction of sp³-hybridized carbons (Fsp3) is 0.500. The van der Waals surface area contributed by atoms with Gasteiger partial charge in [-0.1, -0.05) is 31.4 Å². The van der Waals surface area contributed by atoms with Gasteiger partial charge in [0.2, 0.25) is 0 Å². The van der Waals surface area contributed by atoms with Crippen LogP contribution in [0, 0.1) is 8.99 Å². The summed E-state index contributed by atoms with van der Waals surface area (Å²) >= 11 is 2.27. The maximum atomic E-state index is 11.5. The van der Waals surface area contributed by atoms with Gasteiger partial charge in [0.05, 0.1) is 5.41 Å². The molecule has 1 aromatic carbocycles. The van der Waals surface area contributed by atoms with Crippen LogP contribution >= 0.6 is 22.6 Å². The molecule has 0 saturated heterocycles. The van der Waals surface area contributed by atoms with Crippen LogP contribution in [-0.2, 0) is 11.2 Å². The third kappa shape index (κ3) is 3.00. The average molecular weight is 344 g/mol. The Morgan fingerprint density at radius 1 is 1.18 bits per heavy atom. The lowest BCUT2D eigenvalue weighted by atomic mass is 9.70. The molecule has 2 nitrogen and oxygen atoms in total. The molecule has 1 N–H and O–H groups in total. The zero-order chi connectivity index (χ0) is 12.3. The molecule has 0 aliphatic heterocycles. The van der Waals surface area contributed by atoms with Gasteiger partial charge in [-0.05, 0) is 59.5 Å². The third-order valence-electron chi connectivity index (χ3n) is 3.72. The van der Waals surface area contributed by atoms with E-state index in [1.54, 1.807) is 0 Å². The van der Waals surface area contributed by atoms with Crippen molar-refractivity contribution in [2.75, 3.05) is 0 Å². The quantitative estimate of drug-likeness (QED) is 0.846. The number of aliphatic carboxylic acids is 1. The van der Waals surface area contributed by atoms with Gasteiger partial charge in [-0.15, -0.1) is 0 Å². The van der Waals surface area contributed by atoms with E-state index in [4.69, 9.17) is 0 Å². The van der Waals surface area contributed by atoms with Gasteiger partial charge in [0, 0.05) is 3.57 Å². The van der Waals surface area contributed by atoms with Crippen molar-refractivity contribution in [1.29, 1.82) is 0 Å². The van der Waals surface area contributed by atoms with E-state index in [2.05, 4.69) is 34.7 Å². The van der Waals surface area contributed by atoms with Crippen molar-refractivity contribution in [3.05, 3.63) is 33.4 Å². The van der Waals surface area contributed by atoms with E-state index in [9.17, 15) is 9.90 Å². The summed E-state index contributed by atoms with van der Waals surface area (Å²) in [6, 6.07) is 8.21. The zero-order valence-corrected chi connectivity index (χ0v) is 11.9. The molecule has 0 bridgehead atoms. The number of carboxylic acids is 1. The highest BCUT2D eigenvalue weighted by Gasteiger charge is 2.39. The Kier molecular flexibility index (Phi) is 4.07. The Labute approximate surface area is 116 Å². The molecule has 1 saturated carbocycles.